The van der Waals surface area contributed by atoms with Crippen LogP contribution in [0.4, 0.5) is 0 Å². The number of carbonyl (C=O) groups excluding carboxylic acids is 1. The van der Waals surface area contributed by atoms with Gasteiger partial charge in [-0.05, 0) is 44.2 Å². The Morgan fingerprint density at radius 1 is 1.42 bits per heavy atom. The number of amides is 1. The summed E-state index contributed by atoms with van der Waals surface area (Å²) in [5.74, 6) is 0.383. The molecule has 0 aliphatic heterocycles. The molecule has 1 aromatic rings. The monoisotopic (exact) mass is 264 g/mol. The van der Waals surface area contributed by atoms with Crippen molar-refractivity contribution in [2.24, 2.45) is 5.92 Å². The molecule has 0 saturated carbocycles. The lowest BCUT2D eigenvalue weighted by atomic mass is 10.0. The first-order valence-electron chi connectivity index (χ1n) is 6.92. The van der Waals surface area contributed by atoms with Crippen LogP contribution in [0, 0.1) is 5.92 Å². The molecule has 0 bridgehead atoms. The summed E-state index contributed by atoms with van der Waals surface area (Å²) in [6.07, 6.45) is 4.35. The molecule has 0 spiro atoms. The number of aromatic nitrogens is 1. The predicted molar refractivity (Wildman–Crippen MR) is 75.6 cm³/mol. The molecule has 0 aliphatic carbocycles. The molecule has 106 valence electrons. The first kappa shape index (κ1) is 15.6. The van der Waals surface area contributed by atoms with Gasteiger partial charge in [0.25, 0.3) is 0 Å². The van der Waals surface area contributed by atoms with Crippen molar-refractivity contribution in [1.29, 1.82) is 0 Å². The quantitative estimate of drug-likeness (QED) is 0.754. The van der Waals surface area contributed by atoms with E-state index in [2.05, 4.69) is 10.3 Å². The van der Waals surface area contributed by atoms with Gasteiger partial charge in [0.2, 0.25) is 5.91 Å². The zero-order valence-electron chi connectivity index (χ0n) is 11.8. The number of aliphatic hydroxyl groups is 1. The molecule has 2 N–H and O–H groups in total. The van der Waals surface area contributed by atoms with Crippen LogP contribution in [0.2, 0.25) is 0 Å². The van der Waals surface area contributed by atoms with E-state index in [1.807, 2.05) is 25.1 Å². The van der Waals surface area contributed by atoms with Crippen LogP contribution >= 0.6 is 0 Å². The zero-order valence-corrected chi connectivity index (χ0v) is 11.8. The van der Waals surface area contributed by atoms with Crippen molar-refractivity contribution in [3.05, 3.63) is 30.1 Å². The van der Waals surface area contributed by atoms with Crippen molar-refractivity contribution in [1.82, 2.24) is 10.3 Å². The number of carbonyl (C=O) groups is 1. The van der Waals surface area contributed by atoms with Gasteiger partial charge in [0, 0.05) is 24.9 Å². The van der Waals surface area contributed by atoms with Crippen LogP contribution in [-0.2, 0) is 11.2 Å². The van der Waals surface area contributed by atoms with Gasteiger partial charge in [-0.25, -0.2) is 0 Å². The highest BCUT2D eigenvalue weighted by Crippen LogP contribution is 2.05. The lowest BCUT2D eigenvalue weighted by Crippen LogP contribution is -2.29. The molecule has 1 aromatic heterocycles. The molecule has 1 rings (SSSR count). The van der Waals surface area contributed by atoms with Gasteiger partial charge in [0.1, 0.15) is 0 Å². The minimum absolute atomic E-state index is 0.0772. The van der Waals surface area contributed by atoms with Crippen LogP contribution in [0.3, 0.4) is 0 Å². The summed E-state index contributed by atoms with van der Waals surface area (Å²) in [6.45, 7) is 4.43. The Labute approximate surface area is 115 Å². The highest BCUT2D eigenvalue weighted by molar-refractivity contribution is 5.75. The minimum atomic E-state index is -0.309. The fourth-order valence-corrected chi connectivity index (χ4v) is 2.02. The van der Waals surface area contributed by atoms with Crippen LogP contribution in [0.15, 0.2) is 24.4 Å². The van der Waals surface area contributed by atoms with Crippen LogP contribution in [0.1, 0.15) is 38.8 Å². The smallest absolute Gasteiger partial charge is 0.220 e. The molecule has 4 heteroatoms. The van der Waals surface area contributed by atoms with Crippen molar-refractivity contribution in [2.45, 2.75) is 45.6 Å². The molecule has 19 heavy (non-hydrogen) atoms. The third kappa shape index (κ3) is 7.57. The van der Waals surface area contributed by atoms with Crippen molar-refractivity contribution >= 4 is 5.91 Å². The summed E-state index contributed by atoms with van der Waals surface area (Å²) in [4.78, 5) is 15.9. The molecule has 1 heterocycles. The average Bonchev–Trinajstić information content (AvgIpc) is 2.37. The van der Waals surface area contributed by atoms with E-state index in [4.69, 9.17) is 0 Å². The highest BCUT2D eigenvalue weighted by Gasteiger charge is 2.08. The number of aryl methyl sites for hydroxylation is 1. The van der Waals surface area contributed by atoms with Gasteiger partial charge in [0.05, 0.1) is 6.10 Å². The Morgan fingerprint density at radius 2 is 2.21 bits per heavy atom. The van der Waals surface area contributed by atoms with E-state index < -0.39 is 0 Å². The number of rotatable bonds is 8. The van der Waals surface area contributed by atoms with E-state index in [1.54, 1.807) is 13.1 Å². The second kappa shape index (κ2) is 8.64. The van der Waals surface area contributed by atoms with E-state index in [0.717, 1.165) is 18.5 Å². The summed E-state index contributed by atoms with van der Waals surface area (Å²) in [7, 11) is 0. The summed E-state index contributed by atoms with van der Waals surface area (Å²) < 4.78 is 0. The van der Waals surface area contributed by atoms with E-state index in [9.17, 15) is 9.90 Å². The number of aliphatic hydroxyl groups excluding tert-OH is 1. The molecular formula is C15H24N2O2. The van der Waals surface area contributed by atoms with E-state index in [-0.39, 0.29) is 12.0 Å². The second-order valence-electron chi connectivity index (χ2n) is 5.17. The molecular weight excluding hydrogens is 240 g/mol. The molecule has 2 unspecified atom stereocenters. The van der Waals surface area contributed by atoms with Gasteiger partial charge >= 0.3 is 0 Å². The lowest BCUT2D eigenvalue weighted by molar-refractivity contribution is -0.121. The number of hydrogen-bond donors (Lipinski definition) is 2. The molecule has 0 fully saturated rings. The first-order chi connectivity index (χ1) is 9.08. The molecule has 2 atom stereocenters. The summed E-state index contributed by atoms with van der Waals surface area (Å²) in [6, 6.07) is 5.82. The van der Waals surface area contributed by atoms with Crippen LogP contribution < -0.4 is 5.32 Å². The standard InChI is InChI=1S/C15H24N2O2/c1-12(10-13(2)18)11-17-15(19)8-5-7-14-6-3-4-9-16-14/h3-4,6,9,12-13,18H,5,7-8,10-11H2,1-2H3,(H,17,19). The Morgan fingerprint density at radius 3 is 2.84 bits per heavy atom. The number of nitrogens with zero attached hydrogens (tertiary/aromatic N) is 1. The molecule has 0 radical (unpaired) electrons. The van der Waals surface area contributed by atoms with Crippen molar-refractivity contribution < 1.29 is 9.90 Å². The van der Waals surface area contributed by atoms with Gasteiger partial charge in [0.15, 0.2) is 0 Å². The largest absolute Gasteiger partial charge is 0.393 e. The maximum absolute atomic E-state index is 11.6. The summed E-state index contributed by atoms with van der Waals surface area (Å²) in [5.41, 5.74) is 1.03. The first-order valence-corrected chi connectivity index (χ1v) is 6.92. The molecule has 0 aromatic carbocycles. The van der Waals surface area contributed by atoms with Crippen molar-refractivity contribution in [2.75, 3.05) is 6.54 Å². The van der Waals surface area contributed by atoms with E-state index >= 15 is 0 Å². The van der Waals surface area contributed by atoms with Gasteiger partial charge in [-0.2, -0.15) is 0 Å². The Kier molecular flexibility index (Phi) is 7.11. The number of nitrogens with one attached hydrogen (secondary N) is 1. The number of hydrogen-bond acceptors (Lipinski definition) is 3. The van der Waals surface area contributed by atoms with Gasteiger partial charge in [-0.3, -0.25) is 9.78 Å². The maximum Gasteiger partial charge on any atom is 0.220 e. The van der Waals surface area contributed by atoms with Gasteiger partial charge in [-0.1, -0.05) is 13.0 Å². The second-order valence-corrected chi connectivity index (χ2v) is 5.17. The summed E-state index contributed by atoms with van der Waals surface area (Å²) in [5, 5.41) is 12.1. The summed E-state index contributed by atoms with van der Waals surface area (Å²) >= 11 is 0. The van der Waals surface area contributed by atoms with E-state index in [1.165, 1.54) is 0 Å². The molecule has 1 amide bonds. The van der Waals surface area contributed by atoms with E-state index in [0.29, 0.717) is 25.3 Å². The maximum atomic E-state index is 11.6. The fraction of sp³-hybridized carbons (Fsp3) is 0.600. The Hall–Kier alpha value is -1.42. The predicted octanol–water partition coefficient (Wildman–Crippen LogP) is 1.93. The lowest BCUT2D eigenvalue weighted by Gasteiger charge is -2.14. The molecule has 4 nitrogen and oxygen atoms in total. The van der Waals surface area contributed by atoms with Crippen LogP contribution in [0.5, 0.6) is 0 Å². The topological polar surface area (TPSA) is 62.2 Å². The Balaban J connectivity index is 2.11. The third-order valence-electron chi connectivity index (χ3n) is 2.95. The zero-order chi connectivity index (χ0) is 14.1. The normalized spacial score (nSPS) is 13.8. The Bertz CT molecular complexity index is 366. The molecule has 0 saturated heterocycles. The van der Waals surface area contributed by atoms with Gasteiger partial charge in [-0.15, -0.1) is 0 Å². The van der Waals surface area contributed by atoms with Crippen LogP contribution in [-0.4, -0.2) is 28.6 Å². The average molecular weight is 264 g/mol. The van der Waals surface area contributed by atoms with Crippen molar-refractivity contribution in [3.8, 4) is 0 Å². The van der Waals surface area contributed by atoms with Crippen LogP contribution in [0.25, 0.3) is 0 Å². The number of pyridine rings is 1. The molecule has 0 aliphatic rings. The fourth-order valence-electron chi connectivity index (χ4n) is 2.02. The van der Waals surface area contributed by atoms with Crippen molar-refractivity contribution in [3.63, 3.8) is 0 Å². The third-order valence-corrected chi connectivity index (χ3v) is 2.95. The van der Waals surface area contributed by atoms with Gasteiger partial charge < -0.3 is 10.4 Å². The highest BCUT2D eigenvalue weighted by atomic mass is 16.3. The minimum Gasteiger partial charge on any atom is -0.393 e. The SMILES string of the molecule is CC(O)CC(C)CNC(=O)CCCc1ccccn1.